The van der Waals surface area contributed by atoms with E-state index < -0.39 is 11.4 Å². The fourth-order valence-corrected chi connectivity index (χ4v) is 2.77. The Morgan fingerprint density at radius 2 is 2.05 bits per heavy atom. The molecule has 0 saturated carbocycles. The van der Waals surface area contributed by atoms with Gasteiger partial charge in [0.2, 0.25) is 0 Å². The van der Waals surface area contributed by atoms with Crippen LogP contribution in [0.15, 0.2) is 41.4 Å². The van der Waals surface area contributed by atoms with Crippen LogP contribution < -0.4 is 10.5 Å². The van der Waals surface area contributed by atoms with Crippen LogP contribution in [-0.2, 0) is 5.60 Å². The number of ether oxygens (including phenoxy) is 1. The third kappa shape index (κ3) is 2.14. The molecule has 22 heavy (non-hydrogen) atoms. The monoisotopic (exact) mass is 320 g/mol. The van der Waals surface area contributed by atoms with Crippen molar-refractivity contribution in [1.29, 1.82) is 0 Å². The van der Waals surface area contributed by atoms with Crippen LogP contribution in [0.5, 0.6) is 5.75 Å². The Balaban J connectivity index is 2.26. The Bertz CT molecular complexity index is 779. The number of halogens is 2. The first kappa shape index (κ1) is 14.8. The third-order valence-corrected chi connectivity index (χ3v) is 3.83. The molecule has 0 unspecified atom stereocenters. The van der Waals surface area contributed by atoms with E-state index in [2.05, 4.69) is 4.99 Å². The minimum Gasteiger partial charge on any atom is -0.493 e. The lowest BCUT2D eigenvalue weighted by atomic mass is 9.85. The predicted molar refractivity (Wildman–Crippen MR) is 83.3 cm³/mol. The molecule has 0 saturated heterocycles. The van der Waals surface area contributed by atoms with Crippen LogP contribution in [0.25, 0.3) is 0 Å². The highest BCUT2D eigenvalue weighted by Crippen LogP contribution is 2.45. The van der Waals surface area contributed by atoms with Gasteiger partial charge >= 0.3 is 0 Å². The molecule has 0 spiro atoms. The summed E-state index contributed by atoms with van der Waals surface area (Å²) >= 11 is 6.01. The molecule has 1 heterocycles. The lowest BCUT2D eigenvalue weighted by molar-refractivity contribution is 0.152. The molecule has 2 aromatic rings. The molecule has 4 nitrogen and oxygen atoms in total. The summed E-state index contributed by atoms with van der Waals surface area (Å²) in [4.78, 5) is 4.16. The van der Waals surface area contributed by atoms with Crippen molar-refractivity contribution in [2.24, 2.45) is 10.7 Å². The lowest BCUT2D eigenvalue weighted by Gasteiger charge is -2.27. The van der Waals surface area contributed by atoms with Crippen molar-refractivity contribution < 1.29 is 14.2 Å². The maximum atomic E-state index is 13.7. The summed E-state index contributed by atoms with van der Waals surface area (Å²) in [5.41, 5.74) is 5.28. The van der Waals surface area contributed by atoms with Gasteiger partial charge in [-0.3, -0.25) is 0 Å². The van der Waals surface area contributed by atoms with Gasteiger partial charge in [0, 0.05) is 16.1 Å². The SMILES string of the molecule is CCOc1ccc(F)cc1[C@@]1(O)C(N)=Nc2ccc(Cl)cc21. The van der Waals surface area contributed by atoms with Gasteiger partial charge in [-0.2, -0.15) is 0 Å². The molecule has 1 aliphatic heterocycles. The van der Waals surface area contributed by atoms with Gasteiger partial charge < -0.3 is 15.6 Å². The molecule has 0 amide bonds. The van der Waals surface area contributed by atoms with Gasteiger partial charge in [-0.1, -0.05) is 11.6 Å². The van der Waals surface area contributed by atoms with E-state index in [-0.39, 0.29) is 11.4 Å². The van der Waals surface area contributed by atoms with Crippen LogP contribution in [0.1, 0.15) is 18.1 Å². The van der Waals surface area contributed by atoms with E-state index in [1.54, 1.807) is 25.1 Å². The van der Waals surface area contributed by atoms with Crippen molar-refractivity contribution >= 4 is 23.1 Å². The Morgan fingerprint density at radius 1 is 1.27 bits per heavy atom. The van der Waals surface area contributed by atoms with E-state index in [1.807, 2.05) is 0 Å². The average molecular weight is 321 g/mol. The molecule has 3 N–H and O–H groups in total. The molecule has 6 heteroatoms. The van der Waals surface area contributed by atoms with Crippen molar-refractivity contribution in [3.05, 3.63) is 58.4 Å². The number of hydrogen-bond donors (Lipinski definition) is 2. The maximum absolute atomic E-state index is 13.7. The van der Waals surface area contributed by atoms with Crippen LogP contribution >= 0.6 is 11.6 Å². The molecule has 114 valence electrons. The fraction of sp³-hybridized carbons (Fsp3) is 0.188. The third-order valence-electron chi connectivity index (χ3n) is 3.59. The van der Waals surface area contributed by atoms with Crippen molar-refractivity contribution in [2.75, 3.05) is 6.61 Å². The minimum atomic E-state index is -1.77. The Hall–Kier alpha value is -2.11. The summed E-state index contributed by atoms with van der Waals surface area (Å²) in [7, 11) is 0. The molecule has 0 radical (unpaired) electrons. The van der Waals surface area contributed by atoms with Gasteiger partial charge in [0.05, 0.1) is 12.3 Å². The molecule has 0 aliphatic carbocycles. The molecule has 1 atom stereocenters. The Kier molecular flexibility index (Phi) is 3.54. The molecule has 1 aliphatic rings. The highest BCUT2D eigenvalue weighted by molar-refractivity contribution is 6.30. The van der Waals surface area contributed by atoms with Crippen LogP contribution in [0.3, 0.4) is 0 Å². The number of nitrogens with two attached hydrogens (primary N) is 1. The highest BCUT2D eigenvalue weighted by Gasteiger charge is 2.44. The molecule has 2 aromatic carbocycles. The predicted octanol–water partition coefficient (Wildman–Crippen LogP) is 3.12. The Labute approximate surface area is 132 Å². The maximum Gasteiger partial charge on any atom is 0.178 e. The number of hydrogen-bond acceptors (Lipinski definition) is 4. The average Bonchev–Trinajstić information content (AvgIpc) is 2.74. The second-order valence-corrected chi connectivity index (χ2v) is 5.38. The van der Waals surface area contributed by atoms with Crippen LogP contribution in [0, 0.1) is 5.82 Å². The van der Waals surface area contributed by atoms with E-state index in [0.29, 0.717) is 28.6 Å². The Morgan fingerprint density at radius 3 is 2.77 bits per heavy atom. The van der Waals surface area contributed by atoms with E-state index in [0.717, 1.165) is 0 Å². The van der Waals surface area contributed by atoms with Gasteiger partial charge in [0.25, 0.3) is 0 Å². The zero-order valence-electron chi connectivity index (χ0n) is 11.8. The summed E-state index contributed by atoms with van der Waals surface area (Å²) in [6, 6.07) is 8.80. The number of aliphatic hydroxyl groups is 1. The summed E-state index contributed by atoms with van der Waals surface area (Å²) in [5.74, 6) is -0.205. The zero-order chi connectivity index (χ0) is 15.9. The normalized spacial score (nSPS) is 19.7. The number of aliphatic imine (C=N–C) groups is 1. The smallest absolute Gasteiger partial charge is 0.178 e. The van der Waals surface area contributed by atoms with E-state index >= 15 is 0 Å². The first-order chi connectivity index (χ1) is 10.5. The summed E-state index contributed by atoms with van der Waals surface area (Å²) < 4.78 is 19.2. The summed E-state index contributed by atoms with van der Waals surface area (Å²) in [6.07, 6.45) is 0. The number of benzene rings is 2. The molecule has 3 rings (SSSR count). The van der Waals surface area contributed by atoms with E-state index in [4.69, 9.17) is 22.1 Å². The number of rotatable bonds is 3. The largest absolute Gasteiger partial charge is 0.493 e. The van der Waals surface area contributed by atoms with Crippen LogP contribution in [0.4, 0.5) is 10.1 Å². The fourth-order valence-electron chi connectivity index (χ4n) is 2.59. The second-order valence-electron chi connectivity index (χ2n) is 4.94. The van der Waals surface area contributed by atoms with Gasteiger partial charge in [-0.15, -0.1) is 0 Å². The number of nitrogens with zero attached hydrogens (tertiary/aromatic N) is 1. The van der Waals surface area contributed by atoms with Crippen LogP contribution in [-0.4, -0.2) is 17.5 Å². The van der Waals surface area contributed by atoms with Crippen molar-refractivity contribution in [1.82, 2.24) is 0 Å². The second kappa shape index (κ2) is 5.26. The van der Waals surface area contributed by atoms with E-state index in [9.17, 15) is 9.50 Å². The van der Waals surface area contributed by atoms with Gasteiger partial charge in [0.1, 0.15) is 17.4 Å². The number of fused-ring (bicyclic) bond motifs is 1. The molecule has 0 aromatic heterocycles. The van der Waals surface area contributed by atoms with Crippen molar-refractivity contribution in [3.63, 3.8) is 0 Å². The van der Waals surface area contributed by atoms with Gasteiger partial charge in [-0.05, 0) is 43.3 Å². The molecule has 0 bridgehead atoms. The lowest BCUT2D eigenvalue weighted by Crippen LogP contribution is -2.40. The first-order valence-corrected chi connectivity index (χ1v) is 7.14. The molecular weight excluding hydrogens is 307 g/mol. The topological polar surface area (TPSA) is 67.8 Å². The quantitative estimate of drug-likeness (QED) is 0.913. The summed E-state index contributed by atoms with van der Waals surface area (Å²) in [6.45, 7) is 2.17. The van der Waals surface area contributed by atoms with Gasteiger partial charge in [-0.25, -0.2) is 9.38 Å². The van der Waals surface area contributed by atoms with Crippen molar-refractivity contribution in [2.45, 2.75) is 12.5 Å². The highest BCUT2D eigenvalue weighted by atomic mass is 35.5. The van der Waals surface area contributed by atoms with E-state index in [1.165, 1.54) is 18.2 Å². The zero-order valence-corrected chi connectivity index (χ0v) is 12.6. The van der Waals surface area contributed by atoms with Crippen molar-refractivity contribution in [3.8, 4) is 5.75 Å². The molecule has 0 fully saturated rings. The first-order valence-electron chi connectivity index (χ1n) is 6.76. The minimum absolute atomic E-state index is 0.0451. The number of amidine groups is 1. The molecular formula is C16H14ClFN2O2. The summed E-state index contributed by atoms with van der Waals surface area (Å²) in [5, 5.41) is 11.6. The van der Waals surface area contributed by atoms with Crippen LogP contribution in [0.2, 0.25) is 5.02 Å². The van der Waals surface area contributed by atoms with Gasteiger partial charge in [0.15, 0.2) is 5.60 Å². The standard InChI is InChI=1S/C16H14ClFN2O2/c1-2-22-14-6-4-10(18)8-12(14)16(21)11-7-9(17)3-5-13(11)20-15(16)19/h3-8,21H,2H2,1H3,(H2,19,20)/t16-/m1/s1.